The minimum atomic E-state index is -0.484. The van der Waals surface area contributed by atoms with E-state index in [0.29, 0.717) is 36.0 Å². The van der Waals surface area contributed by atoms with Crippen LogP contribution in [0.4, 0.5) is 5.69 Å². The van der Waals surface area contributed by atoms with E-state index in [1.807, 2.05) is 74.5 Å². The van der Waals surface area contributed by atoms with Gasteiger partial charge in [-0.3, -0.25) is 4.79 Å². The highest BCUT2D eigenvalue weighted by atomic mass is 16.5. The lowest BCUT2D eigenvalue weighted by molar-refractivity contribution is -0.117. The van der Waals surface area contributed by atoms with E-state index in [-0.39, 0.29) is 25.7 Å². The van der Waals surface area contributed by atoms with Gasteiger partial charge in [0.25, 0.3) is 0 Å². The number of esters is 1. The second-order valence-electron chi connectivity index (χ2n) is 10.9. The van der Waals surface area contributed by atoms with E-state index in [9.17, 15) is 9.59 Å². The van der Waals surface area contributed by atoms with Gasteiger partial charge in [-0.15, -0.1) is 0 Å². The number of benzene rings is 3. The van der Waals surface area contributed by atoms with E-state index in [2.05, 4.69) is 38.2 Å². The van der Waals surface area contributed by atoms with E-state index in [4.69, 9.17) is 9.47 Å². The van der Waals surface area contributed by atoms with Crippen LogP contribution in [-0.2, 0) is 22.7 Å². The Morgan fingerprint density at radius 1 is 0.884 bits per heavy atom. The number of amides is 1. The topological polar surface area (TPSA) is 67.9 Å². The number of rotatable bonds is 16. The van der Waals surface area contributed by atoms with Crippen LogP contribution in [0.5, 0.6) is 5.75 Å². The number of hydrogen-bond donors (Lipinski definition) is 1. The normalized spacial score (nSPS) is 12.5. The third-order valence-electron chi connectivity index (χ3n) is 7.31. The van der Waals surface area contributed by atoms with Gasteiger partial charge in [-0.05, 0) is 56.0 Å². The molecule has 3 aromatic carbocycles. The second kappa shape index (κ2) is 17.7. The van der Waals surface area contributed by atoms with Gasteiger partial charge >= 0.3 is 5.97 Å². The predicted octanol–water partition coefficient (Wildman–Crippen LogP) is 7.89. The van der Waals surface area contributed by atoms with E-state index in [1.165, 1.54) is 5.57 Å². The van der Waals surface area contributed by atoms with Crippen molar-refractivity contribution in [1.82, 2.24) is 5.32 Å². The number of carbonyl (C=O) groups excluding carboxylic acids is 2. The molecule has 1 atom stereocenters. The number of allylic oxidation sites excluding steroid dienone is 3. The summed E-state index contributed by atoms with van der Waals surface area (Å²) in [4.78, 5) is 28.4. The van der Waals surface area contributed by atoms with Crippen molar-refractivity contribution < 1.29 is 19.1 Å². The third-order valence-corrected chi connectivity index (χ3v) is 7.31. The molecule has 1 amide bonds. The number of likely N-dealkylation sites (N-methyl/N-ethyl adjacent to an activating group) is 1. The SMILES string of the molecule is CCCC(C)/C(C)=C/C=C(\C)CN(C(=O)CNCC)c1ccc(C(=O)OCc2ccccc2)c(OCc2ccccc2)c1. The van der Waals surface area contributed by atoms with Crippen molar-refractivity contribution in [2.24, 2.45) is 5.92 Å². The molecule has 6 nitrogen and oxygen atoms in total. The predicted molar refractivity (Wildman–Crippen MR) is 175 cm³/mol. The Morgan fingerprint density at radius 3 is 2.16 bits per heavy atom. The first-order valence-electron chi connectivity index (χ1n) is 15.2. The highest BCUT2D eigenvalue weighted by molar-refractivity contribution is 5.97. The van der Waals surface area contributed by atoms with Crippen molar-refractivity contribution in [2.45, 2.75) is 60.7 Å². The molecule has 0 aliphatic carbocycles. The molecule has 228 valence electrons. The first-order valence-corrected chi connectivity index (χ1v) is 15.2. The maximum Gasteiger partial charge on any atom is 0.342 e. The van der Waals surface area contributed by atoms with Gasteiger partial charge < -0.3 is 19.7 Å². The quantitative estimate of drug-likeness (QED) is 0.137. The van der Waals surface area contributed by atoms with Crippen LogP contribution in [0.3, 0.4) is 0 Å². The molecule has 0 spiro atoms. The van der Waals surface area contributed by atoms with Crippen LogP contribution < -0.4 is 15.0 Å². The first kappa shape index (κ1) is 33.3. The fourth-order valence-corrected chi connectivity index (χ4v) is 4.55. The number of carbonyl (C=O) groups is 2. The van der Waals surface area contributed by atoms with Gasteiger partial charge in [-0.2, -0.15) is 0 Å². The summed E-state index contributed by atoms with van der Waals surface area (Å²) < 4.78 is 11.8. The molecule has 6 heteroatoms. The molecule has 0 heterocycles. The second-order valence-corrected chi connectivity index (χ2v) is 10.9. The molecular formula is C37H46N2O4. The number of ether oxygens (including phenoxy) is 2. The van der Waals surface area contributed by atoms with E-state index in [1.54, 1.807) is 23.1 Å². The molecule has 3 rings (SSSR count). The highest BCUT2D eigenvalue weighted by Crippen LogP contribution is 2.29. The molecule has 0 bridgehead atoms. The zero-order valence-electron chi connectivity index (χ0n) is 26.3. The number of hydrogen-bond acceptors (Lipinski definition) is 5. The summed E-state index contributed by atoms with van der Waals surface area (Å²) in [6.07, 6.45) is 6.54. The van der Waals surface area contributed by atoms with Crippen molar-refractivity contribution in [3.8, 4) is 5.75 Å². The van der Waals surface area contributed by atoms with Crippen molar-refractivity contribution in [3.63, 3.8) is 0 Å². The van der Waals surface area contributed by atoms with Crippen molar-refractivity contribution in [2.75, 3.05) is 24.5 Å². The Labute approximate surface area is 257 Å². The molecule has 0 radical (unpaired) electrons. The third kappa shape index (κ3) is 10.9. The van der Waals surface area contributed by atoms with Crippen LogP contribution in [0.2, 0.25) is 0 Å². The molecule has 3 aromatic rings. The maximum absolute atomic E-state index is 13.4. The lowest BCUT2D eigenvalue weighted by atomic mass is 9.97. The van der Waals surface area contributed by atoms with Crippen LogP contribution in [-0.4, -0.2) is 31.5 Å². The van der Waals surface area contributed by atoms with Crippen LogP contribution in [0.25, 0.3) is 0 Å². The average molecular weight is 583 g/mol. The van der Waals surface area contributed by atoms with E-state index in [0.717, 1.165) is 29.5 Å². The van der Waals surface area contributed by atoms with Crippen molar-refractivity contribution in [1.29, 1.82) is 0 Å². The molecule has 0 aromatic heterocycles. The van der Waals surface area contributed by atoms with E-state index < -0.39 is 5.97 Å². The Kier molecular flexibility index (Phi) is 13.7. The zero-order chi connectivity index (χ0) is 31.0. The minimum Gasteiger partial charge on any atom is -0.488 e. The lowest BCUT2D eigenvalue weighted by Gasteiger charge is -2.25. The number of nitrogens with zero attached hydrogens (tertiary/aromatic N) is 1. The Morgan fingerprint density at radius 2 is 1.53 bits per heavy atom. The summed E-state index contributed by atoms with van der Waals surface area (Å²) in [7, 11) is 0. The minimum absolute atomic E-state index is 0.0666. The number of nitrogens with one attached hydrogen (secondary N) is 1. The Bertz CT molecular complexity index is 1370. The smallest absolute Gasteiger partial charge is 0.342 e. The van der Waals surface area contributed by atoms with E-state index >= 15 is 0 Å². The molecule has 1 N–H and O–H groups in total. The molecule has 0 aliphatic heterocycles. The van der Waals surface area contributed by atoms with Gasteiger partial charge in [-0.1, -0.05) is 111 Å². The fourth-order valence-electron chi connectivity index (χ4n) is 4.55. The molecule has 43 heavy (non-hydrogen) atoms. The molecule has 0 saturated carbocycles. The molecular weight excluding hydrogens is 536 g/mol. The maximum atomic E-state index is 13.4. The highest BCUT2D eigenvalue weighted by Gasteiger charge is 2.21. The van der Waals surface area contributed by atoms with Gasteiger partial charge in [0.05, 0.1) is 6.54 Å². The van der Waals surface area contributed by atoms with Crippen molar-refractivity contribution >= 4 is 17.6 Å². The summed E-state index contributed by atoms with van der Waals surface area (Å²) >= 11 is 0. The summed E-state index contributed by atoms with van der Waals surface area (Å²) in [6, 6.07) is 24.6. The fraction of sp³-hybridized carbons (Fsp3) is 0.351. The molecule has 1 unspecified atom stereocenters. The molecule has 0 fully saturated rings. The van der Waals surface area contributed by atoms with Crippen LogP contribution in [0, 0.1) is 5.92 Å². The first-order chi connectivity index (χ1) is 20.8. The molecule has 0 saturated heterocycles. The monoisotopic (exact) mass is 582 g/mol. The van der Waals surface area contributed by atoms with Crippen LogP contribution in [0.15, 0.2) is 102 Å². The summed E-state index contributed by atoms with van der Waals surface area (Å²) in [5, 5.41) is 3.15. The van der Waals surface area contributed by atoms with Gasteiger partial charge in [0.15, 0.2) is 0 Å². The Hall–Kier alpha value is -4.16. The van der Waals surface area contributed by atoms with Gasteiger partial charge in [-0.25, -0.2) is 4.79 Å². The zero-order valence-corrected chi connectivity index (χ0v) is 26.3. The van der Waals surface area contributed by atoms with Crippen molar-refractivity contribution in [3.05, 3.63) is 119 Å². The van der Waals surface area contributed by atoms with Crippen LogP contribution in [0.1, 0.15) is 68.9 Å². The van der Waals surface area contributed by atoms with Gasteiger partial charge in [0.1, 0.15) is 24.5 Å². The molecule has 0 aliphatic rings. The lowest BCUT2D eigenvalue weighted by Crippen LogP contribution is -2.39. The summed E-state index contributed by atoms with van der Waals surface area (Å²) in [6.45, 7) is 12.3. The van der Waals surface area contributed by atoms with Gasteiger partial charge in [0.2, 0.25) is 5.91 Å². The standard InChI is InChI=1S/C37H46N2O4/c1-6-14-29(4)30(5)20-19-28(3)25-39(36(40)24-38-7-2)33-21-22-34(37(41)43-27-32-17-12-9-13-18-32)35(23-33)42-26-31-15-10-8-11-16-31/h8-13,15-23,29,38H,6-7,14,24-27H2,1-5H3/b28-19+,30-20+. The number of anilines is 1. The summed E-state index contributed by atoms with van der Waals surface area (Å²) in [5.41, 5.74) is 5.20. The largest absolute Gasteiger partial charge is 0.488 e. The van der Waals surface area contributed by atoms with Gasteiger partial charge in [0, 0.05) is 18.3 Å². The average Bonchev–Trinajstić information content (AvgIpc) is 3.03. The Balaban J connectivity index is 1.92. The summed E-state index contributed by atoms with van der Waals surface area (Å²) in [5.74, 6) is 0.329. The van der Waals surface area contributed by atoms with Crippen LogP contribution >= 0.6 is 0 Å².